The van der Waals surface area contributed by atoms with Crippen LogP contribution in [-0.4, -0.2) is 52.2 Å². The second kappa shape index (κ2) is 15.7. The Balaban J connectivity index is 1.06. The van der Waals surface area contributed by atoms with Crippen LogP contribution in [0.15, 0.2) is 106 Å². The van der Waals surface area contributed by atoms with Gasteiger partial charge in [0, 0.05) is 61.0 Å². The van der Waals surface area contributed by atoms with E-state index in [4.69, 9.17) is 13.9 Å². The monoisotopic (exact) mass is 742 g/mol. The fourth-order valence-electron chi connectivity index (χ4n) is 6.41. The van der Waals surface area contributed by atoms with Gasteiger partial charge in [0.1, 0.15) is 5.58 Å². The first-order valence-electron chi connectivity index (χ1n) is 17.2. The maximum absolute atomic E-state index is 13.7. The Morgan fingerprint density at radius 3 is 2.39 bits per heavy atom. The van der Waals surface area contributed by atoms with E-state index in [1.165, 1.54) is 36.8 Å². The Labute approximate surface area is 315 Å². The van der Waals surface area contributed by atoms with E-state index in [1.807, 2.05) is 54.6 Å². The summed E-state index contributed by atoms with van der Waals surface area (Å²) >= 11 is 1.64. The zero-order valence-electron chi connectivity index (χ0n) is 30.2. The lowest BCUT2D eigenvalue weighted by Crippen LogP contribution is -2.25. The van der Waals surface area contributed by atoms with Crippen molar-refractivity contribution in [3.63, 3.8) is 0 Å². The molecule has 0 spiro atoms. The maximum atomic E-state index is 13.7. The molecular weight excluding hydrogens is 705 g/mol. The molecule has 0 aliphatic rings. The summed E-state index contributed by atoms with van der Waals surface area (Å²) in [5, 5.41) is 11.7. The number of benzene rings is 4. The van der Waals surface area contributed by atoms with Crippen molar-refractivity contribution < 1.29 is 23.5 Å². The van der Waals surface area contributed by atoms with Gasteiger partial charge in [-0.15, -0.1) is 11.3 Å². The number of carbonyl (C=O) groups excluding carboxylic acids is 2. The minimum atomic E-state index is -0.708. The van der Waals surface area contributed by atoms with Gasteiger partial charge >= 0.3 is 0 Å². The van der Waals surface area contributed by atoms with Crippen molar-refractivity contribution in [2.75, 3.05) is 31.4 Å². The predicted octanol–water partition coefficient (Wildman–Crippen LogP) is 7.21. The zero-order chi connectivity index (χ0) is 37.8. The summed E-state index contributed by atoms with van der Waals surface area (Å²) in [6.45, 7) is 4.39. The lowest BCUT2D eigenvalue weighted by atomic mass is 10.1. The van der Waals surface area contributed by atoms with E-state index in [2.05, 4.69) is 43.8 Å². The van der Waals surface area contributed by atoms with Gasteiger partial charge < -0.3 is 24.5 Å². The van der Waals surface area contributed by atoms with Gasteiger partial charge in [-0.25, -0.2) is 0 Å². The van der Waals surface area contributed by atoms with E-state index < -0.39 is 11.8 Å². The Hall–Kier alpha value is -6.31. The minimum Gasteiger partial charge on any atom is -0.493 e. The highest BCUT2D eigenvalue weighted by molar-refractivity contribution is 7.09. The lowest BCUT2D eigenvalue weighted by Gasteiger charge is -2.22. The number of aromatic nitrogens is 3. The topological polar surface area (TPSA) is 141 Å². The quantitative estimate of drug-likeness (QED) is 0.125. The summed E-state index contributed by atoms with van der Waals surface area (Å²) in [7, 11) is 4.87. The molecule has 3 aromatic heterocycles. The van der Waals surface area contributed by atoms with E-state index in [1.54, 1.807) is 35.6 Å². The molecule has 4 aromatic carbocycles. The number of thiazole rings is 1. The van der Waals surface area contributed by atoms with E-state index >= 15 is 0 Å². The third-order valence-corrected chi connectivity index (χ3v) is 9.94. The molecule has 13 heteroatoms. The third kappa shape index (κ3) is 7.87. The Kier molecular flexibility index (Phi) is 10.5. The van der Waals surface area contributed by atoms with Crippen LogP contribution in [0.3, 0.4) is 0 Å². The number of fused-ring (bicyclic) bond motifs is 2. The SMILES string of the molecule is COc1cc(NC(=O)c2cc(=O)c3ccccc3o2)c(C(=O)Nc2ccc(CCN(Cc3ccc4c(c3)c(C)nn4C)Cc3cncs3)cc2)cc1OC. The summed E-state index contributed by atoms with van der Waals surface area (Å²) in [5.74, 6) is -0.806. The third-order valence-electron chi connectivity index (χ3n) is 9.17. The molecule has 0 atom stereocenters. The number of aryl methyl sites for hydroxylation is 2. The van der Waals surface area contributed by atoms with Crippen LogP contribution in [0.25, 0.3) is 21.9 Å². The van der Waals surface area contributed by atoms with Crippen LogP contribution >= 0.6 is 11.3 Å². The number of anilines is 2. The van der Waals surface area contributed by atoms with Gasteiger partial charge in [0.15, 0.2) is 22.7 Å². The van der Waals surface area contributed by atoms with Crippen molar-refractivity contribution >= 4 is 56.4 Å². The first-order chi connectivity index (χ1) is 26.2. The molecule has 54 heavy (non-hydrogen) atoms. The molecule has 274 valence electrons. The number of carbonyl (C=O) groups is 2. The summed E-state index contributed by atoms with van der Waals surface area (Å²) in [6.07, 6.45) is 2.71. The number of hydrogen-bond acceptors (Lipinski definition) is 10. The van der Waals surface area contributed by atoms with E-state index in [-0.39, 0.29) is 28.0 Å². The number of methoxy groups -OCH3 is 2. The van der Waals surface area contributed by atoms with Crippen molar-refractivity contribution in [3.05, 3.63) is 140 Å². The van der Waals surface area contributed by atoms with Gasteiger partial charge in [0.25, 0.3) is 11.8 Å². The van der Waals surface area contributed by atoms with Crippen LogP contribution in [0.2, 0.25) is 0 Å². The second-order valence-electron chi connectivity index (χ2n) is 12.8. The standard InChI is InChI=1S/C41H38N6O6S/c1-25-31-17-27(11-14-34(31)46(2)45-25)22-47(23-29-21-42-24-54-29)16-15-26-9-12-28(13-10-26)43-40(49)32-18-37(51-3)38(52-4)19-33(32)44-41(50)39-20-35(48)30-7-5-6-8-36(30)53-39/h5-14,17-21,24H,15-16,22-23H2,1-4H3,(H,43,49)(H,44,50). The Morgan fingerprint density at radius 2 is 1.63 bits per heavy atom. The van der Waals surface area contributed by atoms with Crippen molar-refractivity contribution in [3.8, 4) is 11.5 Å². The molecule has 0 saturated heterocycles. The highest BCUT2D eigenvalue weighted by Gasteiger charge is 2.21. The molecule has 7 aromatic rings. The van der Waals surface area contributed by atoms with Gasteiger partial charge in [0.2, 0.25) is 0 Å². The number of amides is 2. The summed E-state index contributed by atoms with van der Waals surface area (Å²) in [5.41, 5.74) is 7.04. The van der Waals surface area contributed by atoms with Crippen LogP contribution in [-0.2, 0) is 26.6 Å². The van der Waals surface area contributed by atoms with Crippen LogP contribution in [0.5, 0.6) is 11.5 Å². The van der Waals surface area contributed by atoms with Gasteiger partial charge in [-0.1, -0.05) is 30.3 Å². The molecule has 0 fully saturated rings. The second-order valence-corrected chi connectivity index (χ2v) is 13.8. The van der Waals surface area contributed by atoms with Crippen molar-refractivity contribution in [2.24, 2.45) is 7.05 Å². The molecule has 12 nitrogen and oxygen atoms in total. The van der Waals surface area contributed by atoms with Gasteiger partial charge in [-0.3, -0.25) is 28.9 Å². The number of nitrogens with zero attached hydrogens (tertiary/aromatic N) is 4. The van der Waals surface area contributed by atoms with Gasteiger partial charge in [0.05, 0.1) is 47.6 Å². The molecule has 2 N–H and O–H groups in total. The average Bonchev–Trinajstić information content (AvgIpc) is 3.80. The van der Waals surface area contributed by atoms with Gasteiger partial charge in [-0.2, -0.15) is 5.10 Å². The number of hydrogen-bond donors (Lipinski definition) is 2. The minimum absolute atomic E-state index is 0.117. The number of para-hydroxylation sites is 1. The van der Waals surface area contributed by atoms with Crippen molar-refractivity contribution in [1.82, 2.24) is 19.7 Å². The summed E-state index contributed by atoms with van der Waals surface area (Å²) in [6, 6.07) is 25.0. The first kappa shape index (κ1) is 36.1. The highest BCUT2D eigenvalue weighted by atomic mass is 32.1. The largest absolute Gasteiger partial charge is 0.493 e. The molecule has 0 aliphatic heterocycles. The predicted molar refractivity (Wildman–Crippen MR) is 210 cm³/mol. The summed E-state index contributed by atoms with van der Waals surface area (Å²) in [4.78, 5) is 47.6. The Morgan fingerprint density at radius 1 is 0.870 bits per heavy atom. The number of rotatable bonds is 13. The molecule has 3 heterocycles. The molecule has 0 unspecified atom stereocenters. The molecule has 0 aliphatic carbocycles. The van der Waals surface area contributed by atoms with E-state index in [9.17, 15) is 14.4 Å². The van der Waals surface area contributed by atoms with Crippen molar-refractivity contribution in [2.45, 2.75) is 26.4 Å². The van der Waals surface area contributed by atoms with Gasteiger partial charge in [-0.05, 0) is 66.9 Å². The normalized spacial score (nSPS) is 11.3. The van der Waals surface area contributed by atoms with E-state index in [0.29, 0.717) is 22.6 Å². The number of nitrogens with one attached hydrogen (secondary N) is 2. The molecule has 7 rings (SSSR count). The van der Waals surface area contributed by atoms with Crippen LogP contribution < -0.4 is 25.5 Å². The smallest absolute Gasteiger partial charge is 0.291 e. The molecule has 0 radical (unpaired) electrons. The summed E-state index contributed by atoms with van der Waals surface area (Å²) < 4.78 is 18.5. The maximum Gasteiger partial charge on any atom is 0.291 e. The molecule has 2 amide bonds. The van der Waals surface area contributed by atoms with Crippen LogP contribution in [0.4, 0.5) is 11.4 Å². The zero-order valence-corrected chi connectivity index (χ0v) is 31.0. The molecule has 0 bridgehead atoms. The lowest BCUT2D eigenvalue weighted by molar-refractivity contribution is 0.0997. The van der Waals surface area contributed by atoms with Crippen molar-refractivity contribution in [1.29, 1.82) is 0 Å². The van der Waals surface area contributed by atoms with Crippen LogP contribution in [0.1, 0.15) is 42.6 Å². The number of ether oxygens (including phenoxy) is 2. The highest BCUT2D eigenvalue weighted by Crippen LogP contribution is 2.34. The molecular formula is C41H38N6O6S. The average molecular weight is 743 g/mol. The van der Waals surface area contributed by atoms with Crippen LogP contribution in [0, 0.1) is 6.92 Å². The fraction of sp³-hybridized carbons (Fsp3) is 0.195. The first-order valence-corrected chi connectivity index (χ1v) is 18.1. The Bertz CT molecular complexity index is 2530. The molecule has 0 saturated carbocycles. The van der Waals surface area contributed by atoms with E-state index in [0.717, 1.165) is 54.3 Å². The fourth-order valence-corrected chi connectivity index (χ4v) is 7.05.